The van der Waals surface area contributed by atoms with Crippen molar-refractivity contribution in [3.63, 3.8) is 0 Å². The first-order valence-electron chi connectivity index (χ1n) is 7.37. The third-order valence-corrected chi connectivity index (χ3v) is 3.81. The highest BCUT2D eigenvalue weighted by molar-refractivity contribution is 5.83. The van der Waals surface area contributed by atoms with Gasteiger partial charge in [0.15, 0.2) is 0 Å². The molecule has 0 spiro atoms. The fraction of sp³-hybridized carbons (Fsp3) is 0.211. The van der Waals surface area contributed by atoms with E-state index in [1.807, 2.05) is 12.1 Å². The van der Waals surface area contributed by atoms with Crippen molar-refractivity contribution in [2.24, 2.45) is 0 Å². The van der Waals surface area contributed by atoms with Crippen LogP contribution in [0.25, 0.3) is 22.2 Å². The van der Waals surface area contributed by atoms with Crippen molar-refractivity contribution < 1.29 is 18.3 Å². The zero-order valence-electron chi connectivity index (χ0n) is 13.1. The molecule has 0 unspecified atom stereocenters. The molecule has 0 aliphatic carbocycles. The van der Waals surface area contributed by atoms with Gasteiger partial charge in [-0.15, -0.1) is 0 Å². The summed E-state index contributed by atoms with van der Waals surface area (Å²) in [4.78, 5) is 4.53. The second kappa shape index (κ2) is 5.60. The van der Waals surface area contributed by atoms with Gasteiger partial charge in [0.2, 0.25) is 0 Å². The Balaban J connectivity index is 2.20. The molecule has 3 rings (SSSR count). The van der Waals surface area contributed by atoms with Gasteiger partial charge in [-0.1, -0.05) is 24.3 Å². The number of halogens is 3. The van der Waals surface area contributed by atoms with Crippen molar-refractivity contribution in [3.8, 4) is 11.3 Å². The number of hydrogen-bond donors (Lipinski definition) is 1. The van der Waals surface area contributed by atoms with Gasteiger partial charge in [0.1, 0.15) is 0 Å². The zero-order chi connectivity index (χ0) is 17.5. The Morgan fingerprint density at radius 2 is 1.71 bits per heavy atom. The van der Waals surface area contributed by atoms with Gasteiger partial charge in [-0.2, -0.15) is 13.2 Å². The van der Waals surface area contributed by atoms with E-state index >= 15 is 0 Å². The van der Waals surface area contributed by atoms with Crippen LogP contribution < -0.4 is 0 Å². The van der Waals surface area contributed by atoms with Gasteiger partial charge in [0, 0.05) is 16.5 Å². The first-order chi connectivity index (χ1) is 11.2. The fourth-order valence-corrected chi connectivity index (χ4v) is 2.56. The average Bonchev–Trinajstić information content (AvgIpc) is 2.52. The molecule has 1 radical (unpaired) electrons. The lowest BCUT2D eigenvalue weighted by atomic mass is 9.91. The molecular formula is C19H15F3NO. The van der Waals surface area contributed by atoms with Crippen molar-refractivity contribution in [2.45, 2.75) is 25.6 Å². The number of aromatic nitrogens is 1. The molecule has 2 aromatic carbocycles. The average molecular weight is 330 g/mol. The van der Waals surface area contributed by atoms with Crippen molar-refractivity contribution in [1.29, 1.82) is 0 Å². The lowest BCUT2D eigenvalue weighted by Crippen LogP contribution is -2.17. The number of fused-ring (bicyclic) bond motifs is 1. The Kier molecular flexibility index (Phi) is 3.84. The van der Waals surface area contributed by atoms with Gasteiger partial charge in [0.25, 0.3) is 0 Å². The highest BCUT2D eigenvalue weighted by atomic mass is 19.4. The number of nitrogens with zero attached hydrogens (tertiary/aromatic N) is 1. The summed E-state index contributed by atoms with van der Waals surface area (Å²) in [7, 11) is 0. The minimum atomic E-state index is -4.39. The second-order valence-electron chi connectivity index (χ2n) is 6.14. The van der Waals surface area contributed by atoms with Gasteiger partial charge in [-0.05, 0) is 44.2 Å². The van der Waals surface area contributed by atoms with Crippen molar-refractivity contribution in [1.82, 2.24) is 4.98 Å². The summed E-state index contributed by atoms with van der Waals surface area (Å²) >= 11 is 0. The van der Waals surface area contributed by atoms with E-state index in [0.717, 1.165) is 17.5 Å². The Hall–Kier alpha value is -2.40. The SMILES string of the molecule is CC(C)(O)c1cc2cc[c]cc2nc1-c1ccc(C(F)(F)F)cc1. The highest BCUT2D eigenvalue weighted by Crippen LogP contribution is 2.35. The molecule has 1 aromatic heterocycles. The second-order valence-corrected chi connectivity index (χ2v) is 6.14. The molecule has 1 heterocycles. The maximum absolute atomic E-state index is 12.7. The van der Waals surface area contributed by atoms with E-state index in [4.69, 9.17) is 0 Å². The molecule has 24 heavy (non-hydrogen) atoms. The predicted molar refractivity (Wildman–Crippen MR) is 86.3 cm³/mol. The lowest BCUT2D eigenvalue weighted by molar-refractivity contribution is -0.137. The maximum Gasteiger partial charge on any atom is 0.416 e. The zero-order valence-corrected chi connectivity index (χ0v) is 13.1. The summed E-state index contributed by atoms with van der Waals surface area (Å²) in [6.07, 6.45) is -4.39. The van der Waals surface area contributed by atoms with E-state index in [0.29, 0.717) is 22.3 Å². The van der Waals surface area contributed by atoms with Crippen molar-refractivity contribution in [3.05, 3.63) is 65.7 Å². The Labute approximate surface area is 137 Å². The van der Waals surface area contributed by atoms with Crippen LogP contribution in [0.5, 0.6) is 0 Å². The number of aliphatic hydroxyl groups is 1. The standard InChI is InChI=1S/C19H15F3NO/c1-18(2,24)15-11-13-5-3-4-6-16(13)23-17(15)12-7-9-14(10-8-12)19(20,21)22/h3,5-11,24H,1-2H3. The molecule has 0 atom stereocenters. The molecule has 1 N–H and O–H groups in total. The van der Waals surface area contributed by atoms with Gasteiger partial charge in [-0.25, -0.2) is 4.98 Å². The summed E-state index contributed by atoms with van der Waals surface area (Å²) in [5.74, 6) is 0. The van der Waals surface area contributed by atoms with Crippen LogP contribution in [0.3, 0.4) is 0 Å². The molecule has 3 aromatic rings. The molecule has 2 nitrogen and oxygen atoms in total. The van der Waals surface area contributed by atoms with Gasteiger partial charge >= 0.3 is 6.18 Å². The van der Waals surface area contributed by atoms with Crippen molar-refractivity contribution in [2.75, 3.05) is 0 Å². The predicted octanol–water partition coefficient (Wildman–Crippen LogP) is 4.95. The molecule has 5 heteroatoms. The molecule has 0 fully saturated rings. The van der Waals surface area contributed by atoms with Crippen LogP contribution in [-0.4, -0.2) is 10.1 Å². The Bertz CT molecular complexity index is 878. The number of alkyl halides is 3. The Morgan fingerprint density at radius 1 is 1.04 bits per heavy atom. The molecule has 0 bridgehead atoms. The van der Waals surface area contributed by atoms with E-state index in [9.17, 15) is 18.3 Å². The topological polar surface area (TPSA) is 33.1 Å². The van der Waals surface area contributed by atoms with Crippen LogP contribution >= 0.6 is 0 Å². The van der Waals surface area contributed by atoms with Crippen LogP contribution in [-0.2, 0) is 11.8 Å². The molecular weight excluding hydrogens is 315 g/mol. The number of benzene rings is 2. The molecule has 123 valence electrons. The highest BCUT2D eigenvalue weighted by Gasteiger charge is 2.30. The Morgan fingerprint density at radius 3 is 2.29 bits per heavy atom. The minimum absolute atomic E-state index is 0.461. The van der Waals surface area contributed by atoms with Crippen LogP contribution in [0, 0.1) is 6.07 Å². The summed E-state index contributed by atoms with van der Waals surface area (Å²) in [5, 5.41) is 11.3. The van der Waals surface area contributed by atoms with Crippen molar-refractivity contribution >= 4 is 10.9 Å². The molecule has 0 saturated carbocycles. The molecule has 0 aliphatic rings. The normalized spacial score (nSPS) is 12.6. The van der Waals surface area contributed by atoms with Gasteiger partial charge < -0.3 is 5.11 Å². The largest absolute Gasteiger partial charge is 0.416 e. The summed E-state index contributed by atoms with van der Waals surface area (Å²) < 4.78 is 38.2. The molecule has 0 amide bonds. The van der Waals surface area contributed by atoms with Crippen LogP contribution in [0.1, 0.15) is 25.0 Å². The number of pyridine rings is 1. The summed E-state index contributed by atoms with van der Waals surface area (Å²) in [6, 6.07) is 14.8. The van der Waals surface area contributed by atoms with Crippen LogP contribution in [0.4, 0.5) is 13.2 Å². The third-order valence-electron chi connectivity index (χ3n) is 3.81. The fourth-order valence-electron chi connectivity index (χ4n) is 2.56. The smallest absolute Gasteiger partial charge is 0.386 e. The minimum Gasteiger partial charge on any atom is -0.386 e. The van der Waals surface area contributed by atoms with Crippen LogP contribution in [0.15, 0.2) is 48.5 Å². The van der Waals surface area contributed by atoms with E-state index in [-0.39, 0.29) is 0 Å². The quantitative estimate of drug-likeness (QED) is 0.721. The monoisotopic (exact) mass is 330 g/mol. The summed E-state index contributed by atoms with van der Waals surface area (Å²) in [6.45, 7) is 3.25. The van der Waals surface area contributed by atoms with E-state index in [2.05, 4.69) is 11.1 Å². The molecule has 0 aliphatic heterocycles. The third kappa shape index (κ3) is 3.12. The van der Waals surface area contributed by atoms with Gasteiger partial charge in [0.05, 0.1) is 22.4 Å². The van der Waals surface area contributed by atoms with E-state index < -0.39 is 17.3 Å². The maximum atomic E-state index is 12.7. The number of rotatable bonds is 2. The molecule has 0 saturated heterocycles. The first-order valence-corrected chi connectivity index (χ1v) is 7.37. The van der Waals surface area contributed by atoms with E-state index in [1.54, 1.807) is 26.0 Å². The van der Waals surface area contributed by atoms with Gasteiger partial charge in [-0.3, -0.25) is 0 Å². The van der Waals surface area contributed by atoms with E-state index in [1.165, 1.54) is 12.1 Å². The lowest BCUT2D eigenvalue weighted by Gasteiger charge is -2.22. The summed E-state index contributed by atoms with van der Waals surface area (Å²) in [5.41, 5.74) is 0.305. The van der Waals surface area contributed by atoms with Crippen LogP contribution in [0.2, 0.25) is 0 Å². The first kappa shape index (κ1) is 16.5. The number of hydrogen-bond acceptors (Lipinski definition) is 2.